The van der Waals surface area contributed by atoms with Crippen molar-refractivity contribution in [1.29, 1.82) is 0 Å². The molecule has 0 heterocycles. The lowest BCUT2D eigenvalue weighted by molar-refractivity contribution is 0.332. The first-order valence-electron chi connectivity index (χ1n) is 22.8. The molecule has 0 bridgehead atoms. The minimum Gasteiger partial charge on any atom is -0.309 e. The smallest absolute Gasteiger partial charge is 0.0726 e. The Morgan fingerprint density at radius 3 is 1.48 bits per heavy atom. The second-order valence-corrected chi connectivity index (χ2v) is 21.4. The quantitative estimate of drug-likeness (QED) is 0.172. The molecule has 0 saturated heterocycles. The second kappa shape index (κ2) is 12.9. The summed E-state index contributed by atoms with van der Waals surface area (Å²) >= 11 is 0. The fraction of sp³-hybridized carbons (Fsp3) is 0.300. The second-order valence-electron chi connectivity index (χ2n) is 21.4. The zero-order valence-electron chi connectivity index (χ0n) is 37.6. The molecule has 0 unspecified atom stereocenters. The van der Waals surface area contributed by atoms with Crippen molar-refractivity contribution >= 4 is 17.1 Å². The van der Waals surface area contributed by atoms with Gasteiger partial charge in [-0.25, -0.2) is 0 Å². The lowest BCUT2D eigenvalue weighted by Gasteiger charge is -2.45. The predicted molar refractivity (Wildman–Crippen MR) is 258 cm³/mol. The van der Waals surface area contributed by atoms with E-state index in [0.29, 0.717) is 0 Å². The highest BCUT2D eigenvalue weighted by Gasteiger charge is 2.52. The molecular formula is C60H59N. The van der Waals surface area contributed by atoms with E-state index in [2.05, 4.69) is 213 Å². The van der Waals surface area contributed by atoms with Crippen LogP contribution < -0.4 is 4.90 Å². The topological polar surface area (TPSA) is 3.24 Å². The highest BCUT2D eigenvalue weighted by Crippen LogP contribution is 2.65. The van der Waals surface area contributed by atoms with E-state index < -0.39 is 5.41 Å². The van der Waals surface area contributed by atoms with Gasteiger partial charge in [-0.1, -0.05) is 177 Å². The first-order chi connectivity index (χ1) is 29.1. The van der Waals surface area contributed by atoms with Gasteiger partial charge in [0.15, 0.2) is 0 Å². The molecule has 0 amide bonds. The number of hydrogen-bond acceptors (Lipinski definition) is 1. The van der Waals surface area contributed by atoms with Gasteiger partial charge in [0, 0.05) is 11.3 Å². The number of rotatable bonds is 4. The van der Waals surface area contributed by atoms with E-state index in [1.807, 2.05) is 0 Å². The SMILES string of the molecule is Cc1ccc2c(c1N(c1ccccc1)c1cc3c(cc1-c1ccc4c(c1)C(C)(C)CCC4(C)C)-c1ccccc1C31c3ccccc3-c3ccccc31)C(C)(C)CCC2(C)C. The van der Waals surface area contributed by atoms with E-state index >= 15 is 0 Å². The van der Waals surface area contributed by atoms with Crippen LogP contribution in [0.3, 0.4) is 0 Å². The molecule has 11 rings (SSSR count). The summed E-state index contributed by atoms with van der Waals surface area (Å²) in [7, 11) is 0. The lowest BCUT2D eigenvalue weighted by Crippen LogP contribution is -2.36. The first kappa shape index (κ1) is 38.3. The molecule has 0 aromatic heterocycles. The molecule has 304 valence electrons. The summed E-state index contributed by atoms with van der Waals surface area (Å²) < 4.78 is 0. The maximum atomic E-state index is 2.69. The van der Waals surface area contributed by atoms with Crippen molar-refractivity contribution < 1.29 is 0 Å². The first-order valence-corrected chi connectivity index (χ1v) is 22.8. The van der Waals surface area contributed by atoms with Gasteiger partial charge >= 0.3 is 0 Å². The Labute approximate surface area is 364 Å². The van der Waals surface area contributed by atoms with Crippen LogP contribution in [0.25, 0.3) is 33.4 Å². The van der Waals surface area contributed by atoms with Crippen LogP contribution in [0.5, 0.6) is 0 Å². The van der Waals surface area contributed by atoms with E-state index in [1.54, 1.807) is 0 Å². The summed E-state index contributed by atoms with van der Waals surface area (Å²) in [6, 6.07) is 56.6. The molecule has 0 aliphatic heterocycles. The molecule has 4 aliphatic carbocycles. The monoisotopic (exact) mass is 793 g/mol. The van der Waals surface area contributed by atoms with Gasteiger partial charge in [0.2, 0.25) is 0 Å². The molecule has 0 radical (unpaired) electrons. The molecule has 1 heteroatoms. The predicted octanol–water partition coefficient (Wildman–Crippen LogP) is 16.2. The summed E-state index contributed by atoms with van der Waals surface area (Å²) in [6.07, 6.45) is 4.69. The minimum absolute atomic E-state index is 0.0155. The zero-order chi connectivity index (χ0) is 42.3. The number of aryl methyl sites for hydroxylation is 1. The highest BCUT2D eigenvalue weighted by atomic mass is 15.2. The fourth-order valence-corrected chi connectivity index (χ4v) is 12.4. The van der Waals surface area contributed by atoms with Crippen LogP contribution in [0.2, 0.25) is 0 Å². The van der Waals surface area contributed by atoms with Gasteiger partial charge in [0.1, 0.15) is 0 Å². The Hall–Kier alpha value is -5.66. The van der Waals surface area contributed by atoms with Gasteiger partial charge in [-0.3, -0.25) is 0 Å². The number of fused-ring (bicyclic) bond motifs is 12. The molecule has 4 aliphatic rings. The average Bonchev–Trinajstić information content (AvgIpc) is 3.72. The van der Waals surface area contributed by atoms with Crippen molar-refractivity contribution in [3.05, 3.63) is 196 Å². The maximum Gasteiger partial charge on any atom is 0.0726 e. The van der Waals surface area contributed by atoms with E-state index in [4.69, 9.17) is 0 Å². The Bertz CT molecular complexity index is 2890. The van der Waals surface area contributed by atoms with Crippen LogP contribution >= 0.6 is 0 Å². The number of nitrogens with zero attached hydrogens (tertiary/aromatic N) is 1. The highest BCUT2D eigenvalue weighted by molar-refractivity contribution is 6.00. The molecule has 0 saturated carbocycles. The number of anilines is 3. The van der Waals surface area contributed by atoms with Crippen molar-refractivity contribution in [2.45, 2.75) is 115 Å². The molecule has 1 spiro atoms. The third-order valence-electron chi connectivity index (χ3n) is 15.9. The van der Waals surface area contributed by atoms with Gasteiger partial charge in [-0.2, -0.15) is 0 Å². The Kier molecular flexibility index (Phi) is 8.11. The van der Waals surface area contributed by atoms with E-state index in [9.17, 15) is 0 Å². The lowest BCUT2D eigenvalue weighted by atomic mass is 9.62. The van der Waals surface area contributed by atoms with Gasteiger partial charge in [-0.15, -0.1) is 0 Å². The van der Waals surface area contributed by atoms with Crippen molar-refractivity contribution in [2.24, 2.45) is 0 Å². The molecule has 0 N–H and O–H groups in total. The summed E-state index contributed by atoms with van der Waals surface area (Å²) in [5.74, 6) is 0. The average molecular weight is 794 g/mol. The van der Waals surface area contributed by atoms with Crippen molar-refractivity contribution in [1.82, 2.24) is 0 Å². The van der Waals surface area contributed by atoms with Gasteiger partial charge in [-0.05, 0) is 156 Å². The summed E-state index contributed by atoms with van der Waals surface area (Å²) in [5.41, 5.74) is 24.2. The van der Waals surface area contributed by atoms with Crippen molar-refractivity contribution in [2.75, 3.05) is 4.90 Å². The Balaban J connectivity index is 1.31. The summed E-state index contributed by atoms with van der Waals surface area (Å²) in [6.45, 7) is 22.0. The third-order valence-corrected chi connectivity index (χ3v) is 15.9. The van der Waals surface area contributed by atoms with Crippen molar-refractivity contribution in [3.63, 3.8) is 0 Å². The summed E-state index contributed by atoms with van der Waals surface area (Å²) in [4.78, 5) is 2.69. The largest absolute Gasteiger partial charge is 0.309 e. The van der Waals surface area contributed by atoms with Crippen molar-refractivity contribution in [3.8, 4) is 33.4 Å². The van der Waals surface area contributed by atoms with Gasteiger partial charge < -0.3 is 4.90 Å². The van der Waals surface area contributed by atoms with Crippen LogP contribution in [-0.4, -0.2) is 0 Å². The van der Waals surface area contributed by atoms with E-state index in [-0.39, 0.29) is 21.7 Å². The molecule has 61 heavy (non-hydrogen) atoms. The van der Waals surface area contributed by atoms with Crippen LogP contribution in [0.15, 0.2) is 146 Å². The Morgan fingerprint density at radius 2 is 0.869 bits per heavy atom. The van der Waals surface area contributed by atoms with Gasteiger partial charge in [0.05, 0.1) is 16.8 Å². The zero-order valence-corrected chi connectivity index (χ0v) is 37.6. The maximum absolute atomic E-state index is 2.69. The summed E-state index contributed by atoms with van der Waals surface area (Å²) in [5, 5.41) is 0. The molecule has 7 aromatic rings. The molecular weight excluding hydrogens is 735 g/mol. The van der Waals surface area contributed by atoms with Crippen LogP contribution in [0.4, 0.5) is 17.1 Å². The molecule has 0 fully saturated rings. The Morgan fingerprint density at radius 1 is 0.377 bits per heavy atom. The van der Waals surface area contributed by atoms with E-state index in [0.717, 1.165) is 6.42 Å². The molecule has 0 atom stereocenters. The van der Waals surface area contributed by atoms with Crippen LogP contribution in [0.1, 0.15) is 131 Å². The van der Waals surface area contributed by atoms with Crippen LogP contribution in [0, 0.1) is 6.92 Å². The van der Waals surface area contributed by atoms with Gasteiger partial charge in [0.25, 0.3) is 0 Å². The molecule has 7 aromatic carbocycles. The fourth-order valence-electron chi connectivity index (χ4n) is 12.4. The minimum atomic E-state index is -0.455. The van der Waals surface area contributed by atoms with Crippen LogP contribution in [-0.2, 0) is 27.1 Å². The normalized spacial score (nSPS) is 18.6. The number of hydrogen-bond donors (Lipinski definition) is 0. The number of para-hydroxylation sites is 1. The number of benzene rings is 7. The standard InChI is InChI=1S/C60H59N/c1-38-27-29-50-54(59(8,9)34-33-57(50,4)5)55(38)61(40-19-11-10-12-20-40)53-37-51-45(36-44(53)39-28-30-49-52(35-39)58(6,7)32-31-56(49,2)3)43-23-15-18-26-48(43)60(51)46-24-16-13-21-41(46)42-22-14-17-25-47(42)60/h10-30,35-37H,31-34H2,1-9H3. The third kappa shape index (κ3) is 5.32. The van der Waals surface area contributed by atoms with E-state index in [1.165, 1.54) is 120 Å². The molecule has 1 nitrogen and oxygen atoms in total.